The SMILES string of the molecule is C=CC(=O)N1CCN(C[C@H](Oc2ccc3c(c2)CCN(S(C)(=O)=O)C3)c2ccc(C)c(F)c2)C[C@H]1C. The van der Waals surface area contributed by atoms with Crippen molar-refractivity contribution in [3.8, 4) is 5.75 Å². The van der Waals surface area contributed by atoms with Crippen molar-refractivity contribution in [2.75, 3.05) is 39.0 Å². The number of halogens is 1. The molecule has 1 amide bonds. The normalized spacial score (nSPS) is 20.0. The standard InChI is InChI=1S/C27H34FN3O4S/c1-5-27(32)31-13-12-29(16-20(31)3)18-26(22-7-6-19(2)25(28)15-22)35-24-9-8-23-17-30(36(4,33)34)11-10-21(23)14-24/h5-9,14-15,20,26H,1,10-13,16-18H2,2-4H3/t20-,26+/m1/s1. The van der Waals surface area contributed by atoms with Crippen molar-refractivity contribution in [1.29, 1.82) is 0 Å². The highest BCUT2D eigenvalue weighted by molar-refractivity contribution is 7.88. The molecule has 0 N–H and O–H groups in total. The van der Waals surface area contributed by atoms with E-state index in [1.165, 1.54) is 22.7 Å². The molecule has 0 radical (unpaired) electrons. The fourth-order valence-electron chi connectivity index (χ4n) is 4.92. The molecule has 0 aliphatic carbocycles. The van der Waals surface area contributed by atoms with Crippen LogP contribution in [-0.2, 0) is 27.8 Å². The number of nitrogens with zero attached hydrogens (tertiary/aromatic N) is 3. The number of hydrogen-bond acceptors (Lipinski definition) is 5. The van der Waals surface area contributed by atoms with Gasteiger partial charge in [0, 0.05) is 45.3 Å². The van der Waals surface area contributed by atoms with E-state index in [2.05, 4.69) is 11.5 Å². The molecule has 2 heterocycles. The van der Waals surface area contributed by atoms with E-state index >= 15 is 0 Å². The minimum atomic E-state index is -3.24. The van der Waals surface area contributed by atoms with Gasteiger partial charge in [-0.05, 0) is 66.8 Å². The maximum Gasteiger partial charge on any atom is 0.246 e. The van der Waals surface area contributed by atoms with Crippen LogP contribution in [0.25, 0.3) is 0 Å². The number of hydrogen-bond donors (Lipinski definition) is 0. The number of aryl methyl sites for hydroxylation is 1. The molecule has 0 unspecified atom stereocenters. The van der Waals surface area contributed by atoms with Crippen LogP contribution >= 0.6 is 0 Å². The number of carbonyl (C=O) groups excluding carboxylic acids is 1. The third-order valence-corrected chi connectivity index (χ3v) is 8.31. The lowest BCUT2D eigenvalue weighted by molar-refractivity contribution is -0.130. The van der Waals surface area contributed by atoms with Crippen molar-refractivity contribution >= 4 is 15.9 Å². The third kappa shape index (κ3) is 5.96. The van der Waals surface area contributed by atoms with Gasteiger partial charge in [-0.1, -0.05) is 24.8 Å². The van der Waals surface area contributed by atoms with E-state index in [1.54, 1.807) is 13.0 Å². The molecule has 0 aromatic heterocycles. The van der Waals surface area contributed by atoms with Crippen LogP contribution in [0.3, 0.4) is 0 Å². The number of sulfonamides is 1. The molecule has 1 saturated heterocycles. The van der Waals surface area contributed by atoms with E-state index in [4.69, 9.17) is 4.74 Å². The van der Waals surface area contributed by atoms with Crippen LogP contribution in [0, 0.1) is 12.7 Å². The van der Waals surface area contributed by atoms with E-state index < -0.39 is 16.1 Å². The first kappa shape index (κ1) is 26.3. The Morgan fingerprint density at radius 1 is 1.19 bits per heavy atom. The summed E-state index contributed by atoms with van der Waals surface area (Å²) in [6.45, 7) is 10.6. The van der Waals surface area contributed by atoms with Gasteiger partial charge in [-0.2, -0.15) is 4.31 Å². The number of benzene rings is 2. The minimum absolute atomic E-state index is 0.0289. The van der Waals surface area contributed by atoms with Crippen molar-refractivity contribution in [1.82, 2.24) is 14.1 Å². The van der Waals surface area contributed by atoms with E-state index in [9.17, 15) is 17.6 Å². The number of ether oxygens (including phenoxy) is 1. The number of amides is 1. The summed E-state index contributed by atoms with van der Waals surface area (Å²) < 4.78 is 46.3. The lowest BCUT2D eigenvalue weighted by Crippen LogP contribution is -2.54. The molecule has 2 aromatic rings. The summed E-state index contributed by atoms with van der Waals surface area (Å²) in [6.07, 6.45) is 2.77. The zero-order chi connectivity index (χ0) is 26.0. The van der Waals surface area contributed by atoms with E-state index in [0.717, 1.165) is 16.7 Å². The Morgan fingerprint density at radius 3 is 2.64 bits per heavy atom. The number of piperazine rings is 1. The van der Waals surface area contributed by atoms with Gasteiger partial charge in [0.05, 0.1) is 6.26 Å². The molecule has 36 heavy (non-hydrogen) atoms. The summed E-state index contributed by atoms with van der Waals surface area (Å²) in [6, 6.07) is 10.9. The van der Waals surface area contributed by atoms with Gasteiger partial charge in [0.1, 0.15) is 17.7 Å². The third-order valence-electron chi connectivity index (χ3n) is 7.06. The Labute approximate surface area is 213 Å². The molecule has 9 heteroatoms. The van der Waals surface area contributed by atoms with Crippen molar-refractivity contribution < 1.29 is 22.3 Å². The Morgan fingerprint density at radius 2 is 1.97 bits per heavy atom. The highest BCUT2D eigenvalue weighted by Crippen LogP contribution is 2.30. The predicted octanol–water partition coefficient (Wildman–Crippen LogP) is 3.29. The molecule has 2 aliphatic heterocycles. The zero-order valence-corrected chi connectivity index (χ0v) is 21.9. The second kappa shape index (κ2) is 10.7. The fourth-order valence-corrected chi connectivity index (χ4v) is 5.72. The second-order valence-electron chi connectivity index (χ2n) is 9.74. The number of carbonyl (C=O) groups is 1. The summed E-state index contributed by atoms with van der Waals surface area (Å²) in [5.74, 6) is 0.322. The van der Waals surface area contributed by atoms with Gasteiger partial charge in [0.25, 0.3) is 0 Å². The predicted molar refractivity (Wildman–Crippen MR) is 138 cm³/mol. The van der Waals surface area contributed by atoms with E-state index in [0.29, 0.717) is 57.0 Å². The molecule has 194 valence electrons. The van der Waals surface area contributed by atoms with Gasteiger partial charge >= 0.3 is 0 Å². The van der Waals surface area contributed by atoms with Crippen LogP contribution in [0.5, 0.6) is 5.75 Å². The smallest absolute Gasteiger partial charge is 0.246 e. The Hall–Kier alpha value is -2.75. The topological polar surface area (TPSA) is 70.2 Å². The van der Waals surface area contributed by atoms with Crippen LogP contribution in [0.4, 0.5) is 4.39 Å². The Bertz CT molecular complexity index is 1250. The summed E-state index contributed by atoms with van der Waals surface area (Å²) in [7, 11) is -3.24. The van der Waals surface area contributed by atoms with E-state index in [-0.39, 0.29) is 17.8 Å². The largest absolute Gasteiger partial charge is 0.484 e. The lowest BCUT2D eigenvalue weighted by atomic mass is 10.0. The maximum atomic E-state index is 14.5. The molecule has 2 atom stereocenters. The molecule has 0 saturated carbocycles. The second-order valence-corrected chi connectivity index (χ2v) is 11.7. The van der Waals surface area contributed by atoms with Crippen LogP contribution in [0.1, 0.15) is 35.3 Å². The molecular formula is C27H34FN3O4S. The minimum Gasteiger partial charge on any atom is -0.484 e. The summed E-state index contributed by atoms with van der Waals surface area (Å²) in [4.78, 5) is 16.2. The van der Waals surface area contributed by atoms with Gasteiger partial charge in [-0.25, -0.2) is 12.8 Å². The molecule has 4 rings (SSSR count). The van der Waals surface area contributed by atoms with Crippen molar-refractivity contribution in [2.45, 2.75) is 39.0 Å². The number of rotatable bonds is 7. The lowest BCUT2D eigenvalue weighted by Gasteiger charge is -2.40. The first-order chi connectivity index (χ1) is 17.0. The Balaban J connectivity index is 1.54. The zero-order valence-electron chi connectivity index (χ0n) is 21.1. The monoisotopic (exact) mass is 515 g/mol. The molecular weight excluding hydrogens is 481 g/mol. The van der Waals surface area contributed by atoms with Gasteiger partial charge in [-0.3, -0.25) is 9.69 Å². The van der Waals surface area contributed by atoms with E-state index in [1.807, 2.05) is 36.1 Å². The van der Waals surface area contributed by atoms with Crippen LogP contribution in [-0.4, -0.2) is 73.5 Å². The molecule has 7 nitrogen and oxygen atoms in total. The summed E-state index contributed by atoms with van der Waals surface area (Å²) in [5.41, 5.74) is 3.35. The van der Waals surface area contributed by atoms with Gasteiger partial charge < -0.3 is 9.64 Å². The van der Waals surface area contributed by atoms with Crippen LogP contribution in [0.2, 0.25) is 0 Å². The quantitative estimate of drug-likeness (QED) is 0.530. The first-order valence-electron chi connectivity index (χ1n) is 12.2. The highest BCUT2D eigenvalue weighted by atomic mass is 32.2. The van der Waals surface area contributed by atoms with Crippen molar-refractivity contribution in [3.63, 3.8) is 0 Å². The number of fused-ring (bicyclic) bond motifs is 1. The van der Waals surface area contributed by atoms with Crippen LogP contribution in [0.15, 0.2) is 49.1 Å². The first-order valence-corrected chi connectivity index (χ1v) is 14.0. The van der Waals surface area contributed by atoms with Crippen LogP contribution < -0.4 is 4.74 Å². The molecule has 0 spiro atoms. The highest BCUT2D eigenvalue weighted by Gasteiger charge is 2.29. The molecule has 1 fully saturated rings. The van der Waals surface area contributed by atoms with Gasteiger partial charge in [0.15, 0.2) is 0 Å². The summed E-state index contributed by atoms with van der Waals surface area (Å²) in [5, 5.41) is 0. The van der Waals surface area contributed by atoms with Crippen molar-refractivity contribution in [2.24, 2.45) is 0 Å². The Kier molecular flexibility index (Phi) is 7.82. The van der Waals surface area contributed by atoms with Gasteiger partial charge in [0.2, 0.25) is 15.9 Å². The maximum absolute atomic E-state index is 14.5. The van der Waals surface area contributed by atoms with Crippen molar-refractivity contribution in [3.05, 3.63) is 77.1 Å². The summed E-state index contributed by atoms with van der Waals surface area (Å²) >= 11 is 0. The fraction of sp³-hybridized carbons (Fsp3) is 0.444. The molecule has 2 aliphatic rings. The average molecular weight is 516 g/mol. The molecule has 2 aromatic carbocycles. The molecule has 0 bridgehead atoms. The van der Waals surface area contributed by atoms with Gasteiger partial charge in [-0.15, -0.1) is 0 Å². The average Bonchev–Trinajstić information content (AvgIpc) is 2.84.